The van der Waals surface area contributed by atoms with Crippen LogP contribution >= 0.6 is 11.6 Å². The minimum atomic E-state index is -3.59. The van der Waals surface area contributed by atoms with Crippen LogP contribution in [0.3, 0.4) is 0 Å². The third-order valence-corrected chi connectivity index (χ3v) is 5.93. The smallest absolute Gasteiger partial charge is 0.351 e. The van der Waals surface area contributed by atoms with Crippen LogP contribution in [0, 0.1) is 26.2 Å². The number of terminal acetylenes is 1. The molecule has 3 aromatic rings. The summed E-state index contributed by atoms with van der Waals surface area (Å²) in [4.78, 5) is 26.0. The van der Waals surface area contributed by atoms with Gasteiger partial charge >= 0.3 is 5.92 Å². The number of halogens is 3. The number of rotatable bonds is 6. The molecule has 0 unspecified atom stereocenters. The molecule has 2 heterocycles. The second-order valence-corrected chi connectivity index (χ2v) is 8.36. The summed E-state index contributed by atoms with van der Waals surface area (Å²) in [5, 5.41) is 10.4. The maximum atomic E-state index is 13.8. The first-order valence-electron chi connectivity index (χ1n) is 10.1. The van der Waals surface area contributed by atoms with Gasteiger partial charge in [0, 0.05) is 21.7 Å². The number of nitrogens with one attached hydrogen (secondary N) is 1. The van der Waals surface area contributed by atoms with Gasteiger partial charge in [-0.05, 0) is 61.2 Å². The van der Waals surface area contributed by atoms with Crippen molar-refractivity contribution in [3.8, 4) is 12.3 Å². The number of carbonyl (C=O) groups excluding carboxylic acids is 2. The molecule has 168 valence electrons. The van der Waals surface area contributed by atoms with E-state index in [0.29, 0.717) is 27.4 Å². The first-order valence-corrected chi connectivity index (χ1v) is 10.4. The van der Waals surface area contributed by atoms with Crippen LogP contribution in [0.2, 0.25) is 5.02 Å². The number of carbonyl (C=O) groups is 2. The third-order valence-electron chi connectivity index (χ3n) is 5.68. The van der Waals surface area contributed by atoms with Gasteiger partial charge in [0.2, 0.25) is 5.91 Å². The Morgan fingerprint density at radius 3 is 2.45 bits per heavy atom. The van der Waals surface area contributed by atoms with Crippen molar-refractivity contribution >= 4 is 34.3 Å². The molecular weight excluding hydrogens is 450 g/mol. The highest BCUT2D eigenvalue weighted by atomic mass is 35.5. The van der Waals surface area contributed by atoms with Crippen LogP contribution in [0.15, 0.2) is 52.7 Å². The number of aromatic nitrogens is 1. The summed E-state index contributed by atoms with van der Waals surface area (Å²) in [6.45, 7) is 3.13. The van der Waals surface area contributed by atoms with Gasteiger partial charge in [-0.3, -0.25) is 14.2 Å². The lowest BCUT2D eigenvalue weighted by Gasteiger charge is -2.17. The minimum Gasteiger partial charge on any atom is -0.351 e. The van der Waals surface area contributed by atoms with Crippen molar-refractivity contribution in [2.24, 2.45) is 10.2 Å². The number of aryl methyl sites for hydroxylation is 1. The molecule has 0 saturated heterocycles. The van der Waals surface area contributed by atoms with Crippen molar-refractivity contribution in [3.63, 3.8) is 0 Å². The number of nitrogens with zero attached hydrogens (tertiary/aromatic N) is 3. The normalized spacial score (nSPS) is 14.2. The number of benzene rings is 2. The van der Waals surface area contributed by atoms with Crippen LogP contribution in [0.25, 0.3) is 10.9 Å². The maximum Gasteiger partial charge on any atom is 0.357 e. The van der Waals surface area contributed by atoms with E-state index in [1.54, 1.807) is 35.8 Å². The number of hydrogen-bond acceptors (Lipinski definition) is 4. The van der Waals surface area contributed by atoms with Crippen LogP contribution in [0.1, 0.15) is 27.2 Å². The Morgan fingerprint density at radius 2 is 1.85 bits per heavy atom. The van der Waals surface area contributed by atoms with Crippen molar-refractivity contribution < 1.29 is 18.4 Å². The Balaban J connectivity index is 1.64. The third kappa shape index (κ3) is 4.00. The lowest BCUT2D eigenvalue weighted by Crippen LogP contribution is -2.46. The van der Waals surface area contributed by atoms with E-state index < -0.39 is 24.0 Å². The largest absolute Gasteiger partial charge is 0.357 e. The van der Waals surface area contributed by atoms with Crippen molar-refractivity contribution in [2.45, 2.75) is 31.9 Å². The summed E-state index contributed by atoms with van der Waals surface area (Å²) in [5.41, 5.74) is 1.12. The molecule has 4 rings (SSSR count). The van der Waals surface area contributed by atoms with Gasteiger partial charge in [-0.25, -0.2) is 0 Å². The van der Waals surface area contributed by atoms with Gasteiger partial charge in [0.25, 0.3) is 11.6 Å². The molecule has 1 aliphatic heterocycles. The molecule has 6 nitrogen and oxygen atoms in total. The molecule has 0 fully saturated rings. The monoisotopic (exact) mass is 468 g/mol. The number of alkyl halides is 2. The molecule has 2 aromatic carbocycles. The fourth-order valence-electron chi connectivity index (χ4n) is 3.73. The second-order valence-electron chi connectivity index (χ2n) is 7.92. The first kappa shape index (κ1) is 22.6. The number of hydrogen-bond donors (Lipinski definition) is 1. The fourth-order valence-corrected chi connectivity index (χ4v) is 3.85. The van der Waals surface area contributed by atoms with Crippen LogP contribution in [0.4, 0.5) is 8.78 Å². The summed E-state index contributed by atoms with van der Waals surface area (Å²) in [6.07, 6.45) is 4.75. The van der Waals surface area contributed by atoms with E-state index in [1.807, 2.05) is 25.1 Å². The lowest BCUT2D eigenvalue weighted by atomic mass is 10.0. The van der Waals surface area contributed by atoms with Crippen molar-refractivity contribution in [1.29, 1.82) is 0 Å². The standard InChI is InChI=1S/C24H19ClF2N4O2/c1-4-23(26,27)24(29-30-24)13-28-21(32)12-19-15(3)31(20-11-14(2)5-10-18(19)20)22(33)16-6-8-17(25)9-7-16/h1,5-11H,12-13H2,2-3H3,(H,28,32). The predicted octanol–water partition coefficient (Wildman–Crippen LogP) is 4.69. The summed E-state index contributed by atoms with van der Waals surface area (Å²) < 4.78 is 29.2. The number of amides is 1. The molecular formula is C24H19ClF2N4O2. The van der Waals surface area contributed by atoms with Crippen LogP contribution in [-0.4, -0.2) is 34.5 Å². The molecule has 0 radical (unpaired) electrons. The average Bonchev–Trinajstić information content (AvgIpc) is 3.54. The molecule has 0 atom stereocenters. The van der Waals surface area contributed by atoms with Crippen molar-refractivity contribution in [2.75, 3.05) is 6.54 Å². The van der Waals surface area contributed by atoms with Crippen molar-refractivity contribution in [3.05, 3.63) is 69.9 Å². The quantitative estimate of drug-likeness (QED) is 0.533. The maximum absolute atomic E-state index is 13.8. The molecule has 1 N–H and O–H groups in total. The summed E-state index contributed by atoms with van der Waals surface area (Å²) in [6, 6.07) is 12.1. The van der Waals surface area contributed by atoms with Gasteiger partial charge in [-0.2, -0.15) is 8.78 Å². The highest BCUT2D eigenvalue weighted by molar-refractivity contribution is 6.30. The van der Waals surface area contributed by atoms with Gasteiger partial charge in [-0.15, -0.1) is 16.7 Å². The highest BCUT2D eigenvalue weighted by Gasteiger charge is 2.61. The van der Waals surface area contributed by atoms with Crippen LogP contribution in [0.5, 0.6) is 0 Å². The van der Waals surface area contributed by atoms with E-state index >= 15 is 0 Å². The lowest BCUT2D eigenvalue weighted by molar-refractivity contribution is -0.120. The molecule has 0 aliphatic carbocycles. The number of fused-ring (bicyclic) bond motifs is 1. The van der Waals surface area contributed by atoms with Crippen LogP contribution in [-0.2, 0) is 11.2 Å². The van der Waals surface area contributed by atoms with Gasteiger partial charge < -0.3 is 5.32 Å². The predicted molar refractivity (Wildman–Crippen MR) is 121 cm³/mol. The zero-order valence-corrected chi connectivity index (χ0v) is 18.6. The fraction of sp³-hybridized carbons (Fsp3) is 0.250. The molecule has 0 saturated carbocycles. The Bertz CT molecular complexity index is 1350. The summed E-state index contributed by atoms with van der Waals surface area (Å²) >= 11 is 5.94. The Labute approximate surface area is 193 Å². The zero-order valence-electron chi connectivity index (χ0n) is 17.8. The summed E-state index contributed by atoms with van der Waals surface area (Å²) in [5.74, 6) is -3.00. The molecule has 0 spiro atoms. The molecule has 33 heavy (non-hydrogen) atoms. The average molecular weight is 469 g/mol. The van der Waals surface area contributed by atoms with Gasteiger partial charge in [0.15, 0.2) is 0 Å². The SMILES string of the molecule is C#CC(F)(F)C1(CNC(=O)Cc2c(C)n(C(=O)c3ccc(Cl)cc3)c3cc(C)ccc23)N=N1. The Morgan fingerprint density at radius 1 is 1.18 bits per heavy atom. The van der Waals surface area contributed by atoms with Gasteiger partial charge in [0.05, 0.1) is 18.5 Å². The molecule has 0 bridgehead atoms. The topological polar surface area (TPSA) is 75.8 Å². The Kier molecular flexibility index (Phi) is 5.54. The van der Waals surface area contributed by atoms with E-state index in [2.05, 4.69) is 15.5 Å². The highest BCUT2D eigenvalue weighted by Crippen LogP contribution is 2.42. The van der Waals surface area contributed by atoms with Gasteiger partial charge in [0.1, 0.15) is 0 Å². The zero-order chi connectivity index (χ0) is 24.0. The second kappa shape index (κ2) is 8.09. The van der Waals surface area contributed by atoms with E-state index in [1.165, 1.54) is 5.92 Å². The molecule has 1 amide bonds. The van der Waals surface area contributed by atoms with E-state index in [0.717, 1.165) is 10.9 Å². The van der Waals surface area contributed by atoms with E-state index in [9.17, 15) is 18.4 Å². The van der Waals surface area contributed by atoms with E-state index in [-0.39, 0.29) is 12.3 Å². The van der Waals surface area contributed by atoms with Gasteiger partial charge in [-0.1, -0.05) is 23.7 Å². The first-order chi connectivity index (χ1) is 15.6. The molecule has 9 heteroatoms. The van der Waals surface area contributed by atoms with Crippen molar-refractivity contribution in [1.82, 2.24) is 9.88 Å². The Hall–Kier alpha value is -3.57. The van der Waals surface area contributed by atoms with Crippen LogP contribution < -0.4 is 5.32 Å². The molecule has 1 aromatic heterocycles. The minimum absolute atomic E-state index is 0.121. The molecule has 1 aliphatic rings. The van der Waals surface area contributed by atoms with E-state index in [4.69, 9.17) is 18.0 Å². The summed E-state index contributed by atoms with van der Waals surface area (Å²) in [7, 11) is 0.